The van der Waals surface area contributed by atoms with Crippen LogP contribution in [0.3, 0.4) is 0 Å². The molecule has 2 aromatic heterocycles. The quantitative estimate of drug-likeness (QED) is 0.878. The SMILES string of the molecule is CC(C)c1nc2n(n1)C(c1ccccn1)CCN2. The van der Waals surface area contributed by atoms with Gasteiger partial charge in [-0.25, -0.2) is 4.68 Å². The molecule has 2 aromatic rings. The third-order valence-corrected chi connectivity index (χ3v) is 3.19. The molecule has 0 radical (unpaired) electrons. The molecule has 0 amide bonds. The Morgan fingerprint density at radius 2 is 2.28 bits per heavy atom. The molecule has 0 spiro atoms. The van der Waals surface area contributed by atoms with Crippen LogP contribution in [0.15, 0.2) is 24.4 Å². The average Bonchev–Trinajstić information content (AvgIpc) is 2.83. The van der Waals surface area contributed by atoms with E-state index in [-0.39, 0.29) is 6.04 Å². The van der Waals surface area contributed by atoms with Crippen LogP contribution in [0.5, 0.6) is 0 Å². The highest BCUT2D eigenvalue weighted by atomic mass is 15.4. The minimum absolute atomic E-state index is 0.197. The van der Waals surface area contributed by atoms with E-state index in [9.17, 15) is 0 Å². The van der Waals surface area contributed by atoms with Crippen molar-refractivity contribution in [3.8, 4) is 0 Å². The van der Waals surface area contributed by atoms with E-state index in [1.807, 2.05) is 23.0 Å². The van der Waals surface area contributed by atoms with E-state index in [2.05, 4.69) is 40.3 Å². The Morgan fingerprint density at radius 1 is 1.39 bits per heavy atom. The number of nitrogens with zero attached hydrogens (tertiary/aromatic N) is 4. The summed E-state index contributed by atoms with van der Waals surface area (Å²) in [4.78, 5) is 8.98. The maximum absolute atomic E-state index is 4.61. The first kappa shape index (κ1) is 11.2. The standard InChI is InChI=1S/C13H17N5/c1-9(2)12-16-13-15-8-6-11(18(13)17-12)10-5-3-4-7-14-10/h3-5,7,9,11H,6,8H2,1-2H3,(H,15,16,17). The van der Waals surface area contributed by atoms with Crippen molar-refractivity contribution >= 4 is 5.95 Å². The zero-order valence-corrected chi connectivity index (χ0v) is 10.7. The van der Waals surface area contributed by atoms with Crippen molar-refractivity contribution in [2.45, 2.75) is 32.2 Å². The van der Waals surface area contributed by atoms with E-state index in [1.54, 1.807) is 0 Å². The highest BCUT2D eigenvalue weighted by Crippen LogP contribution is 2.28. The van der Waals surface area contributed by atoms with Gasteiger partial charge < -0.3 is 5.32 Å². The number of pyridine rings is 1. The van der Waals surface area contributed by atoms with Crippen LogP contribution in [0, 0.1) is 0 Å². The van der Waals surface area contributed by atoms with Gasteiger partial charge in [-0.1, -0.05) is 19.9 Å². The molecule has 1 N–H and O–H groups in total. The minimum atomic E-state index is 0.197. The summed E-state index contributed by atoms with van der Waals surface area (Å²) < 4.78 is 1.97. The fourth-order valence-corrected chi connectivity index (χ4v) is 2.21. The molecule has 1 unspecified atom stereocenters. The Labute approximate surface area is 106 Å². The molecule has 1 aliphatic rings. The van der Waals surface area contributed by atoms with Crippen molar-refractivity contribution in [1.82, 2.24) is 19.7 Å². The van der Waals surface area contributed by atoms with Gasteiger partial charge in [0.05, 0.1) is 11.7 Å². The molecular weight excluding hydrogens is 226 g/mol. The highest BCUT2D eigenvalue weighted by molar-refractivity contribution is 5.31. The molecule has 0 saturated carbocycles. The van der Waals surface area contributed by atoms with Gasteiger partial charge in [0.25, 0.3) is 0 Å². The largest absolute Gasteiger partial charge is 0.354 e. The van der Waals surface area contributed by atoms with E-state index in [0.29, 0.717) is 5.92 Å². The highest BCUT2D eigenvalue weighted by Gasteiger charge is 2.25. The van der Waals surface area contributed by atoms with Crippen LogP contribution < -0.4 is 5.32 Å². The Hall–Kier alpha value is -1.91. The third kappa shape index (κ3) is 1.85. The molecule has 0 bridgehead atoms. The van der Waals surface area contributed by atoms with Gasteiger partial charge in [0.15, 0.2) is 5.82 Å². The summed E-state index contributed by atoms with van der Waals surface area (Å²) in [5.74, 6) is 2.09. The zero-order valence-electron chi connectivity index (χ0n) is 10.7. The number of aromatic nitrogens is 4. The first-order valence-corrected chi connectivity index (χ1v) is 6.37. The van der Waals surface area contributed by atoms with Crippen molar-refractivity contribution in [1.29, 1.82) is 0 Å². The second-order valence-electron chi connectivity index (χ2n) is 4.88. The van der Waals surface area contributed by atoms with Crippen molar-refractivity contribution in [2.24, 2.45) is 0 Å². The maximum atomic E-state index is 4.61. The topological polar surface area (TPSA) is 55.6 Å². The van der Waals surface area contributed by atoms with Gasteiger partial charge in [-0.05, 0) is 18.6 Å². The average molecular weight is 243 g/mol. The van der Waals surface area contributed by atoms with Gasteiger partial charge in [0, 0.05) is 18.7 Å². The lowest BCUT2D eigenvalue weighted by atomic mass is 10.1. The fourth-order valence-electron chi connectivity index (χ4n) is 2.21. The van der Waals surface area contributed by atoms with Crippen LogP contribution in [0.2, 0.25) is 0 Å². The Balaban J connectivity index is 2.01. The number of fused-ring (bicyclic) bond motifs is 1. The summed E-state index contributed by atoms with van der Waals surface area (Å²) in [5, 5.41) is 7.91. The third-order valence-electron chi connectivity index (χ3n) is 3.19. The number of nitrogens with one attached hydrogen (secondary N) is 1. The minimum Gasteiger partial charge on any atom is -0.354 e. The lowest BCUT2D eigenvalue weighted by molar-refractivity contribution is 0.465. The Morgan fingerprint density at radius 3 is 3.00 bits per heavy atom. The first-order chi connectivity index (χ1) is 8.75. The lowest BCUT2D eigenvalue weighted by Gasteiger charge is -2.23. The second kappa shape index (κ2) is 4.40. The van der Waals surface area contributed by atoms with Crippen LogP contribution in [0.25, 0.3) is 0 Å². The lowest BCUT2D eigenvalue weighted by Crippen LogP contribution is -2.25. The van der Waals surface area contributed by atoms with Crippen molar-refractivity contribution < 1.29 is 0 Å². The maximum Gasteiger partial charge on any atom is 0.222 e. The summed E-state index contributed by atoms with van der Waals surface area (Å²) in [6.07, 6.45) is 2.82. The van der Waals surface area contributed by atoms with Crippen LogP contribution in [-0.4, -0.2) is 26.3 Å². The van der Waals surface area contributed by atoms with Crippen LogP contribution in [0.4, 0.5) is 5.95 Å². The summed E-state index contributed by atoms with van der Waals surface area (Å²) in [5.41, 5.74) is 1.06. The fraction of sp³-hybridized carbons (Fsp3) is 0.462. The molecule has 0 aliphatic carbocycles. The molecule has 0 aromatic carbocycles. The van der Waals surface area contributed by atoms with Crippen molar-refractivity contribution in [3.63, 3.8) is 0 Å². The van der Waals surface area contributed by atoms with E-state index >= 15 is 0 Å². The molecule has 3 heterocycles. The second-order valence-corrected chi connectivity index (χ2v) is 4.88. The molecule has 94 valence electrons. The summed E-state index contributed by atoms with van der Waals surface area (Å²) >= 11 is 0. The molecule has 1 aliphatic heterocycles. The van der Waals surface area contributed by atoms with Gasteiger partial charge in [0.1, 0.15) is 0 Å². The number of anilines is 1. The van der Waals surface area contributed by atoms with E-state index < -0.39 is 0 Å². The van der Waals surface area contributed by atoms with Gasteiger partial charge in [-0.15, -0.1) is 0 Å². The normalized spacial score (nSPS) is 18.5. The van der Waals surface area contributed by atoms with Gasteiger partial charge >= 0.3 is 0 Å². The zero-order chi connectivity index (χ0) is 12.5. The predicted octanol–water partition coefficient (Wildman–Crippen LogP) is 2.20. The molecule has 1 atom stereocenters. The molecule has 0 saturated heterocycles. The Bertz CT molecular complexity index is 532. The number of rotatable bonds is 2. The van der Waals surface area contributed by atoms with Crippen LogP contribution >= 0.6 is 0 Å². The van der Waals surface area contributed by atoms with Crippen molar-refractivity contribution in [2.75, 3.05) is 11.9 Å². The number of hydrogen-bond acceptors (Lipinski definition) is 4. The molecule has 18 heavy (non-hydrogen) atoms. The summed E-state index contributed by atoms with van der Waals surface area (Å²) in [6.45, 7) is 5.13. The molecule has 0 fully saturated rings. The molecular formula is C13H17N5. The van der Waals surface area contributed by atoms with Crippen LogP contribution in [0.1, 0.15) is 43.7 Å². The number of hydrogen-bond donors (Lipinski definition) is 1. The monoisotopic (exact) mass is 243 g/mol. The molecule has 3 rings (SSSR count). The van der Waals surface area contributed by atoms with Crippen LogP contribution in [-0.2, 0) is 0 Å². The van der Waals surface area contributed by atoms with E-state index in [0.717, 1.165) is 30.4 Å². The van der Waals surface area contributed by atoms with Gasteiger partial charge in [-0.3, -0.25) is 4.98 Å². The molecule has 5 heteroatoms. The molecule has 5 nitrogen and oxygen atoms in total. The van der Waals surface area contributed by atoms with Crippen molar-refractivity contribution in [3.05, 3.63) is 35.9 Å². The smallest absolute Gasteiger partial charge is 0.222 e. The van der Waals surface area contributed by atoms with E-state index in [4.69, 9.17) is 0 Å². The van der Waals surface area contributed by atoms with E-state index in [1.165, 1.54) is 0 Å². The Kier molecular flexibility index (Phi) is 2.74. The van der Waals surface area contributed by atoms with Gasteiger partial charge in [-0.2, -0.15) is 10.1 Å². The predicted molar refractivity (Wildman–Crippen MR) is 69.6 cm³/mol. The summed E-state index contributed by atoms with van der Waals surface area (Å²) in [6, 6.07) is 6.20. The van der Waals surface area contributed by atoms with Gasteiger partial charge in [0.2, 0.25) is 5.95 Å². The summed E-state index contributed by atoms with van der Waals surface area (Å²) in [7, 11) is 0. The first-order valence-electron chi connectivity index (χ1n) is 6.37.